The van der Waals surface area contributed by atoms with Gasteiger partial charge in [-0.1, -0.05) is 41.4 Å². The highest BCUT2D eigenvalue weighted by atomic mass is 35.5. The van der Waals surface area contributed by atoms with E-state index in [9.17, 15) is 0 Å². The van der Waals surface area contributed by atoms with Crippen LogP contribution in [0.5, 0.6) is 0 Å². The van der Waals surface area contributed by atoms with E-state index in [1.165, 1.54) is 24.0 Å². The molecule has 2 aromatic rings. The largest absolute Gasteiger partial charge is 0.355 e. The molecule has 1 fully saturated rings. The van der Waals surface area contributed by atoms with Gasteiger partial charge in [0.2, 0.25) is 0 Å². The molecule has 0 spiro atoms. The molecule has 1 aromatic heterocycles. The van der Waals surface area contributed by atoms with Gasteiger partial charge in [-0.05, 0) is 25.3 Å². The van der Waals surface area contributed by atoms with Crippen LogP contribution in [0.3, 0.4) is 0 Å². The maximum atomic E-state index is 6.11. The van der Waals surface area contributed by atoms with Crippen molar-refractivity contribution in [1.82, 2.24) is 9.97 Å². The number of aryl methyl sites for hydroxylation is 1. The molecule has 1 saturated carbocycles. The fourth-order valence-corrected chi connectivity index (χ4v) is 2.38. The first-order chi connectivity index (χ1) is 9.61. The fourth-order valence-electron chi connectivity index (χ4n) is 2.19. The van der Waals surface area contributed by atoms with E-state index < -0.39 is 0 Å². The Bertz CT molecular complexity index is 606. The number of benzene rings is 1. The molecule has 0 aliphatic heterocycles. The Hall–Kier alpha value is -1.61. The van der Waals surface area contributed by atoms with Crippen LogP contribution in [0.4, 0.5) is 5.82 Å². The van der Waals surface area contributed by atoms with Gasteiger partial charge in [0.25, 0.3) is 0 Å². The van der Waals surface area contributed by atoms with Gasteiger partial charge in [-0.25, -0.2) is 9.97 Å². The molecule has 0 radical (unpaired) electrons. The molecule has 1 aliphatic carbocycles. The van der Waals surface area contributed by atoms with Crippen LogP contribution in [0, 0.1) is 6.92 Å². The topological polar surface area (TPSA) is 29.0 Å². The van der Waals surface area contributed by atoms with Crippen molar-refractivity contribution in [2.45, 2.75) is 32.2 Å². The normalized spacial score (nSPS) is 14.3. The van der Waals surface area contributed by atoms with Gasteiger partial charge < -0.3 is 4.90 Å². The van der Waals surface area contributed by atoms with Crippen LogP contribution in [0.1, 0.15) is 35.7 Å². The molecule has 0 saturated heterocycles. The second-order valence-corrected chi connectivity index (χ2v) is 5.91. The molecule has 1 aromatic carbocycles. The number of hydrogen-bond acceptors (Lipinski definition) is 3. The summed E-state index contributed by atoms with van der Waals surface area (Å²) in [6.45, 7) is 2.91. The minimum Gasteiger partial charge on any atom is -0.355 e. The van der Waals surface area contributed by atoms with Gasteiger partial charge in [0, 0.05) is 25.6 Å². The van der Waals surface area contributed by atoms with Crippen molar-refractivity contribution in [2.24, 2.45) is 0 Å². The number of hydrogen-bond donors (Lipinski definition) is 0. The smallest absolute Gasteiger partial charge is 0.135 e. The number of aromatic nitrogens is 2. The van der Waals surface area contributed by atoms with Crippen LogP contribution < -0.4 is 4.90 Å². The predicted molar refractivity (Wildman–Crippen MR) is 82.3 cm³/mol. The van der Waals surface area contributed by atoms with Gasteiger partial charge in [0.15, 0.2) is 0 Å². The summed E-state index contributed by atoms with van der Waals surface area (Å²) < 4.78 is 0. The third-order valence-electron chi connectivity index (χ3n) is 3.57. The Morgan fingerprint density at radius 1 is 1.20 bits per heavy atom. The number of rotatable bonds is 4. The Morgan fingerprint density at radius 2 is 1.90 bits per heavy atom. The van der Waals surface area contributed by atoms with Crippen molar-refractivity contribution < 1.29 is 0 Å². The van der Waals surface area contributed by atoms with Gasteiger partial charge in [-0.3, -0.25) is 0 Å². The monoisotopic (exact) mass is 287 g/mol. The molecule has 0 atom stereocenters. The van der Waals surface area contributed by atoms with Gasteiger partial charge >= 0.3 is 0 Å². The molecule has 3 rings (SSSR count). The van der Waals surface area contributed by atoms with Crippen LogP contribution in [-0.4, -0.2) is 17.0 Å². The summed E-state index contributed by atoms with van der Waals surface area (Å²) >= 11 is 6.11. The Balaban J connectivity index is 1.79. The van der Waals surface area contributed by atoms with Crippen LogP contribution in [0.25, 0.3) is 0 Å². The minimum absolute atomic E-state index is 0.514. The van der Waals surface area contributed by atoms with Crippen molar-refractivity contribution in [3.8, 4) is 0 Å². The van der Waals surface area contributed by atoms with E-state index in [0.717, 1.165) is 18.2 Å². The van der Waals surface area contributed by atoms with Gasteiger partial charge in [0.1, 0.15) is 16.8 Å². The third kappa shape index (κ3) is 3.10. The Kier molecular flexibility index (Phi) is 3.62. The number of halogens is 1. The molecule has 0 bridgehead atoms. The van der Waals surface area contributed by atoms with Crippen molar-refractivity contribution in [3.05, 3.63) is 52.4 Å². The fraction of sp³-hybridized carbons (Fsp3) is 0.375. The summed E-state index contributed by atoms with van der Waals surface area (Å²) in [5.74, 6) is 2.30. The minimum atomic E-state index is 0.514. The number of nitrogens with zero attached hydrogens (tertiary/aromatic N) is 3. The van der Waals surface area contributed by atoms with Crippen molar-refractivity contribution in [3.63, 3.8) is 0 Å². The first-order valence-electron chi connectivity index (χ1n) is 6.93. The average molecular weight is 288 g/mol. The van der Waals surface area contributed by atoms with Crippen molar-refractivity contribution >= 4 is 17.4 Å². The summed E-state index contributed by atoms with van der Waals surface area (Å²) in [6.07, 6.45) is 2.36. The number of anilines is 1. The van der Waals surface area contributed by atoms with E-state index in [1.54, 1.807) is 0 Å². The molecule has 104 valence electrons. The zero-order chi connectivity index (χ0) is 14.1. The lowest BCUT2D eigenvalue weighted by Gasteiger charge is -2.19. The molecule has 4 heteroatoms. The first-order valence-corrected chi connectivity index (χ1v) is 7.31. The van der Waals surface area contributed by atoms with E-state index in [1.807, 2.05) is 13.1 Å². The van der Waals surface area contributed by atoms with E-state index in [0.29, 0.717) is 11.1 Å². The molecule has 0 amide bonds. The van der Waals surface area contributed by atoms with Gasteiger partial charge in [-0.15, -0.1) is 0 Å². The lowest BCUT2D eigenvalue weighted by atomic mass is 10.1. The molecule has 0 N–H and O–H groups in total. The second-order valence-electron chi connectivity index (χ2n) is 5.52. The zero-order valence-corrected chi connectivity index (χ0v) is 12.6. The highest BCUT2D eigenvalue weighted by molar-refractivity contribution is 6.29. The van der Waals surface area contributed by atoms with E-state index in [4.69, 9.17) is 11.6 Å². The van der Waals surface area contributed by atoms with Crippen LogP contribution >= 0.6 is 11.6 Å². The summed E-state index contributed by atoms with van der Waals surface area (Å²) in [5.41, 5.74) is 2.54. The predicted octanol–water partition coefficient (Wildman–Crippen LogP) is 3.95. The van der Waals surface area contributed by atoms with Crippen LogP contribution in [-0.2, 0) is 6.54 Å². The lowest BCUT2D eigenvalue weighted by Crippen LogP contribution is -2.18. The van der Waals surface area contributed by atoms with Gasteiger partial charge in [-0.2, -0.15) is 0 Å². The Labute approximate surface area is 124 Å². The molecule has 0 unspecified atom stereocenters. The molecular weight excluding hydrogens is 270 g/mol. The summed E-state index contributed by atoms with van der Waals surface area (Å²) in [4.78, 5) is 11.1. The standard InChI is InChI=1S/C16H18ClN3/c1-11-3-5-12(6-4-11)10-20(2)15-9-14(17)18-16(19-15)13-7-8-13/h3-6,9,13H,7-8,10H2,1-2H3. The van der Waals surface area contributed by atoms with Crippen LogP contribution in [0.2, 0.25) is 5.15 Å². The summed E-state index contributed by atoms with van der Waals surface area (Å²) in [6, 6.07) is 10.4. The first kappa shape index (κ1) is 13.4. The SMILES string of the molecule is Cc1ccc(CN(C)c2cc(Cl)nc(C3CC3)n2)cc1. The molecule has 20 heavy (non-hydrogen) atoms. The van der Waals surface area contributed by atoms with Gasteiger partial charge in [0.05, 0.1) is 0 Å². The lowest BCUT2D eigenvalue weighted by molar-refractivity contribution is 0.854. The highest BCUT2D eigenvalue weighted by Gasteiger charge is 2.27. The molecular formula is C16H18ClN3. The van der Waals surface area contributed by atoms with Crippen molar-refractivity contribution in [1.29, 1.82) is 0 Å². The quantitative estimate of drug-likeness (QED) is 0.797. The second kappa shape index (κ2) is 5.41. The molecule has 1 heterocycles. The third-order valence-corrected chi connectivity index (χ3v) is 3.77. The van der Waals surface area contributed by atoms with Crippen LogP contribution in [0.15, 0.2) is 30.3 Å². The summed E-state index contributed by atoms with van der Waals surface area (Å²) in [5, 5.41) is 0.535. The Morgan fingerprint density at radius 3 is 2.55 bits per heavy atom. The van der Waals surface area contributed by atoms with Crippen molar-refractivity contribution in [2.75, 3.05) is 11.9 Å². The van der Waals surface area contributed by atoms with E-state index in [-0.39, 0.29) is 0 Å². The van der Waals surface area contributed by atoms with E-state index >= 15 is 0 Å². The summed E-state index contributed by atoms with van der Waals surface area (Å²) in [7, 11) is 2.04. The highest BCUT2D eigenvalue weighted by Crippen LogP contribution is 2.39. The zero-order valence-electron chi connectivity index (χ0n) is 11.8. The molecule has 3 nitrogen and oxygen atoms in total. The molecule has 1 aliphatic rings. The van der Waals surface area contributed by atoms with E-state index in [2.05, 4.69) is 46.1 Å². The average Bonchev–Trinajstić information content (AvgIpc) is 3.25. The maximum absolute atomic E-state index is 6.11. The maximum Gasteiger partial charge on any atom is 0.135 e.